The van der Waals surface area contributed by atoms with Crippen LogP contribution in [0.2, 0.25) is 0 Å². The van der Waals surface area contributed by atoms with Crippen LogP contribution in [0.1, 0.15) is 83.1 Å². The Hall–Kier alpha value is -1.56. The highest BCUT2D eigenvalue weighted by molar-refractivity contribution is 5.61. The summed E-state index contributed by atoms with van der Waals surface area (Å²) in [7, 11) is 0. The van der Waals surface area contributed by atoms with Gasteiger partial charge in [0.05, 0.1) is 0 Å². The SMILES string of the molecule is CC1=C(C)[C@H](C)C(C(C2=C(C)C(C)=C(C)[C@@H]2C)C2=C(C)C(C)=C(C)[C@@H]2C)=C1C. The maximum atomic E-state index is 2.43. The summed E-state index contributed by atoms with van der Waals surface area (Å²) in [5.41, 5.74) is 18.9. The van der Waals surface area contributed by atoms with Crippen LogP contribution in [0.25, 0.3) is 0 Å². The molecule has 0 heterocycles. The van der Waals surface area contributed by atoms with Gasteiger partial charge in [0.2, 0.25) is 0 Å². The lowest BCUT2D eigenvalue weighted by Gasteiger charge is -2.34. The van der Waals surface area contributed by atoms with Gasteiger partial charge in [-0.1, -0.05) is 37.5 Å². The fourth-order valence-electron chi connectivity index (χ4n) is 6.09. The molecule has 0 amide bonds. The first-order valence-electron chi connectivity index (χ1n) is 11.1. The van der Waals surface area contributed by atoms with E-state index in [2.05, 4.69) is 83.1 Å². The van der Waals surface area contributed by atoms with Crippen LogP contribution in [-0.4, -0.2) is 0 Å². The molecule has 152 valence electrons. The molecule has 0 bridgehead atoms. The van der Waals surface area contributed by atoms with Crippen molar-refractivity contribution in [3.8, 4) is 0 Å². The van der Waals surface area contributed by atoms with E-state index >= 15 is 0 Å². The first-order chi connectivity index (χ1) is 12.9. The molecule has 0 aromatic carbocycles. The van der Waals surface area contributed by atoms with Gasteiger partial charge < -0.3 is 0 Å². The van der Waals surface area contributed by atoms with Crippen molar-refractivity contribution in [1.82, 2.24) is 0 Å². The molecule has 3 rings (SSSR count). The topological polar surface area (TPSA) is 0 Å². The Morgan fingerprint density at radius 3 is 0.750 bits per heavy atom. The summed E-state index contributed by atoms with van der Waals surface area (Å²) in [6.45, 7) is 28.4. The van der Waals surface area contributed by atoms with Gasteiger partial charge in [0.1, 0.15) is 0 Å². The summed E-state index contributed by atoms with van der Waals surface area (Å²) >= 11 is 0. The van der Waals surface area contributed by atoms with Crippen LogP contribution < -0.4 is 0 Å². The Morgan fingerprint density at radius 2 is 0.607 bits per heavy atom. The van der Waals surface area contributed by atoms with Crippen molar-refractivity contribution in [1.29, 1.82) is 0 Å². The molecule has 3 aliphatic carbocycles. The molecule has 0 spiro atoms. The third kappa shape index (κ3) is 2.71. The molecule has 0 heteroatoms. The Morgan fingerprint density at radius 1 is 0.393 bits per heavy atom. The zero-order valence-corrected chi connectivity index (χ0v) is 20.3. The van der Waals surface area contributed by atoms with Gasteiger partial charge in [0.25, 0.3) is 0 Å². The molecule has 0 N–H and O–H groups in total. The lowest BCUT2D eigenvalue weighted by molar-refractivity contribution is 0.586. The van der Waals surface area contributed by atoms with Crippen LogP contribution in [0.15, 0.2) is 66.9 Å². The minimum Gasteiger partial charge on any atom is -0.0632 e. The highest BCUT2D eigenvalue weighted by Crippen LogP contribution is 2.55. The maximum absolute atomic E-state index is 2.43. The van der Waals surface area contributed by atoms with Crippen LogP contribution in [0.4, 0.5) is 0 Å². The molecule has 0 fully saturated rings. The molecule has 3 aliphatic rings. The van der Waals surface area contributed by atoms with Crippen LogP contribution in [0.3, 0.4) is 0 Å². The van der Waals surface area contributed by atoms with E-state index in [0.29, 0.717) is 23.7 Å². The van der Waals surface area contributed by atoms with Crippen LogP contribution >= 0.6 is 0 Å². The second-order valence-electron chi connectivity index (χ2n) is 9.76. The minimum atomic E-state index is 0.437. The van der Waals surface area contributed by atoms with Crippen molar-refractivity contribution in [2.24, 2.45) is 23.7 Å². The predicted molar refractivity (Wildman–Crippen MR) is 124 cm³/mol. The van der Waals surface area contributed by atoms with E-state index in [4.69, 9.17) is 0 Å². The lowest BCUT2D eigenvalue weighted by atomic mass is 9.70. The predicted octanol–water partition coefficient (Wildman–Crippen LogP) is 8.51. The molecule has 0 aromatic rings. The number of allylic oxidation sites excluding steroid dienone is 12. The van der Waals surface area contributed by atoms with Gasteiger partial charge in [0, 0.05) is 5.92 Å². The van der Waals surface area contributed by atoms with Gasteiger partial charge in [-0.2, -0.15) is 0 Å². The lowest BCUT2D eigenvalue weighted by Crippen LogP contribution is -2.22. The summed E-state index contributed by atoms with van der Waals surface area (Å²) < 4.78 is 0. The molecule has 28 heavy (non-hydrogen) atoms. The second kappa shape index (κ2) is 7.05. The Balaban J connectivity index is 2.29. The normalized spacial score (nSPS) is 29.2. The zero-order chi connectivity index (χ0) is 21.2. The summed E-state index contributed by atoms with van der Waals surface area (Å²) in [5, 5.41) is 0. The zero-order valence-electron chi connectivity index (χ0n) is 20.3. The summed E-state index contributed by atoms with van der Waals surface area (Å²) in [6, 6.07) is 0. The van der Waals surface area contributed by atoms with Crippen LogP contribution in [0.5, 0.6) is 0 Å². The van der Waals surface area contributed by atoms with E-state index in [-0.39, 0.29) is 0 Å². The molecule has 0 radical (unpaired) electrons. The second-order valence-corrected chi connectivity index (χ2v) is 9.76. The van der Waals surface area contributed by atoms with Gasteiger partial charge in [-0.15, -0.1) is 0 Å². The number of hydrogen-bond donors (Lipinski definition) is 0. The number of hydrogen-bond acceptors (Lipinski definition) is 0. The fourth-order valence-corrected chi connectivity index (χ4v) is 6.09. The van der Waals surface area contributed by atoms with E-state index < -0.39 is 0 Å². The largest absolute Gasteiger partial charge is 0.0632 e. The highest BCUT2D eigenvalue weighted by Gasteiger charge is 2.42. The van der Waals surface area contributed by atoms with Crippen molar-refractivity contribution < 1.29 is 0 Å². The molecule has 0 aliphatic heterocycles. The molecule has 0 saturated carbocycles. The summed E-state index contributed by atoms with van der Waals surface area (Å²) in [4.78, 5) is 0. The average Bonchev–Trinajstić information content (AvgIpc) is 3.06. The fraction of sp³-hybridized carbons (Fsp3) is 0.571. The van der Waals surface area contributed by atoms with Crippen molar-refractivity contribution in [3.05, 3.63) is 66.9 Å². The third-order valence-corrected chi connectivity index (χ3v) is 9.04. The third-order valence-electron chi connectivity index (χ3n) is 9.04. The minimum absolute atomic E-state index is 0.437. The highest BCUT2D eigenvalue weighted by atomic mass is 14.5. The molecular weight excluding hydrogens is 336 g/mol. The van der Waals surface area contributed by atoms with Gasteiger partial charge in [-0.25, -0.2) is 0 Å². The first kappa shape index (κ1) is 21.2. The molecule has 3 atom stereocenters. The first-order valence-corrected chi connectivity index (χ1v) is 11.1. The molecule has 0 aromatic heterocycles. The molecule has 0 nitrogen and oxygen atoms in total. The average molecular weight is 377 g/mol. The Bertz CT molecular complexity index is 809. The Kier molecular flexibility index (Phi) is 5.32. The van der Waals surface area contributed by atoms with Gasteiger partial charge >= 0.3 is 0 Å². The molecule has 0 unspecified atom stereocenters. The smallest absolute Gasteiger partial charge is 0.0251 e. The van der Waals surface area contributed by atoms with E-state index in [9.17, 15) is 0 Å². The maximum Gasteiger partial charge on any atom is 0.0251 e. The standard InChI is InChI=1S/C28H40/c1-13-14(2)20(8)25(19(13)7)28(26-21(9)15(3)16(4)22(26)10)27-23(11)17(5)18(6)24(27)12/h19,21,23,28H,1-12H3/t19-,21-,23-/m0/s1. The van der Waals surface area contributed by atoms with Crippen LogP contribution in [-0.2, 0) is 0 Å². The van der Waals surface area contributed by atoms with E-state index in [1.165, 1.54) is 16.7 Å². The van der Waals surface area contributed by atoms with Crippen molar-refractivity contribution >= 4 is 0 Å². The van der Waals surface area contributed by atoms with Gasteiger partial charge in [0.15, 0.2) is 0 Å². The van der Waals surface area contributed by atoms with Crippen molar-refractivity contribution in [3.63, 3.8) is 0 Å². The van der Waals surface area contributed by atoms with Gasteiger partial charge in [-0.3, -0.25) is 0 Å². The van der Waals surface area contributed by atoms with E-state index in [1.54, 1.807) is 50.2 Å². The van der Waals surface area contributed by atoms with Gasteiger partial charge in [-0.05, 0) is 130 Å². The quantitative estimate of drug-likeness (QED) is 0.463. The summed E-state index contributed by atoms with van der Waals surface area (Å²) in [6.07, 6.45) is 0. The van der Waals surface area contributed by atoms with E-state index in [1.807, 2.05) is 0 Å². The number of rotatable bonds is 3. The molecular formula is C28H40. The monoisotopic (exact) mass is 376 g/mol. The van der Waals surface area contributed by atoms with E-state index in [0.717, 1.165) is 0 Å². The van der Waals surface area contributed by atoms with Crippen molar-refractivity contribution in [2.45, 2.75) is 83.1 Å². The molecule has 0 saturated heterocycles. The Labute approximate surface area is 173 Å². The van der Waals surface area contributed by atoms with Crippen LogP contribution in [0, 0.1) is 23.7 Å². The summed E-state index contributed by atoms with van der Waals surface area (Å²) in [5.74, 6) is 2.04. The van der Waals surface area contributed by atoms with Crippen molar-refractivity contribution in [2.75, 3.05) is 0 Å².